The van der Waals surface area contributed by atoms with E-state index in [-0.39, 0.29) is 24.2 Å². The normalized spacial score (nSPS) is 23.7. The fourth-order valence-corrected chi connectivity index (χ4v) is 2.88. The van der Waals surface area contributed by atoms with E-state index in [1.54, 1.807) is 23.9 Å². The van der Waals surface area contributed by atoms with Gasteiger partial charge in [-0.1, -0.05) is 18.2 Å². The monoisotopic (exact) mass is 313 g/mol. The summed E-state index contributed by atoms with van der Waals surface area (Å²) < 4.78 is 0. The van der Waals surface area contributed by atoms with Crippen molar-refractivity contribution in [2.45, 2.75) is 12.3 Å². The van der Waals surface area contributed by atoms with Crippen LogP contribution >= 0.6 is 0 Å². The van der Waals surface area contributed by atoms with Gasteiger partial charge in [-0.2, -0.15) is 0 Å². The van der Waals surface area contributed by atoms with Crippen LogP contribution in [0.4, 0.5) is 10.5 Å². The number of H-pyrrole nitrogens is 1. The molecule has 2 amide bonds. The van der Waals surface area contributed by atoms with Crippen LogP contribution in [0.2, 0.25) is 0 Å². The first-order valence-electron chi connectivity index (χ1n) is 7.11. The van der Waals surface area contributed by atoms with Gasteiger partial charge in [0.05, 0.1) is 5.52 Å². The summed E-state index contributed by atoms with van der Waals surface area (Å²) in [6.07, 6.45) is -0.573. The second-order valence-electron chi connectivity index (χ2n) is 5.53. The number of aliphatic imine (C=N–C) groups is 1. The Morgan fingerprint density at radius 1 is 1.22 bits per heavy atom. The number of para-hydroxylation sites is 1. The fourth-order valence-electron chi connectivity index (χ4n) is 2.88. The average molecular weight is 313 g/mol. The minimum Gasteiger partial charge on any atom is -0.493 e. The first kappa shape index (κ1) is 13.6. The van der Waals surface area contributed by atoms with Gasteiger partial charge < -0.3 is 25.2 Å². The summed E-state index contributed by atoms with van der Waals surface area (Å²) >= 11 is 0. The first-order chi connectivity index (χ1) is 11.1. The number of carbonyl (C=O) groups is 1. The van der Waals surface area contributed by atoms with Crippen molar-refractivity contribution < 1.29 is 9.90 Å². The molecule has 2 unspecified atom stereocenters. The molecule has 9 heteroatoms. The summed E-state index contributed by atoms with van der Waals surface area (Å²) in [4.78, 5) is 22.1. The molecule has 4 rings (SSSR count). The lowest BCUT2D eigenvalue weighted by molar-refractivity contribution is 0.198. The maximum atomic E-state index is 11.8. The van der Waals surface area contributed by atoms with Gasteiger partial charge in [-0.25, -0.2) is 9.79 Å². The number of aromatic nitrogens is 1. The molecule has 23 heavy (non-hydrogen) atoms. The highest BCUT2D eigenvalue weighted by atomic mass is 16.3. The number of hydrogen-bond donors (Lipinski definition) is 3. The Balaban J connectivity index is 1.63. The van der Waals surface area contributed by atoms with Crippen molar-refractivity contribution in [2.75, 3.05) is 14.1 Å². The minimum atomic E-state index is -0.321. The summed E-state index contributed by atoms with van der Waals surface area (Å²) in [5.41, 5.74) is 1.14. The Kier molecular flexibility index (Phi) is 2.77. The number of benzene rings is 1. The molecule has 0 spiro atoms. The smallest absolute Gasteiger partial charge is 0.323 e. The number of fused-ring (bicyclic) bond motifs is 2. The molecule has 3 N–H and O–H groups in total. The SMILES string of the molecule is CN1C(=O)N(C)C2NC(N=Nc3c(O)[nH]c4ccccc34)=NC21. The van der Waals surface area contributed by atoms with Gasteiger partial charge in [-0.3, -0.25) is 0 Å². The van der Waals surface area contributed by atoms with Crippen molar-refractivity contribution in [2.24, 2.45) is 15.2 Å². The van der Waals surface area contributed by atoms with Crippen LogP contribution in [-0.2, 0) is 0 Å². The van der Waals surface area contributed by atoms with E-state index in [4.69, 9.17) is 0 Å². The van der Waals surface area contributed by atoms with Crippen LogP contribution in [0.25, 0.3) is 10.9 Å². The molecule has 1 fully saturated rings. The Bertz CT molecular complexity index is 856. The quantitative estimate of drug-likeness (QED) is 0.695. The van der Waals surface area contributed by atoms with Gasteiger partial charge in [0.2, 0.25) is 11.8 Å². The van der Waals surface area contributed by atoms with Crippen molar-refractivity contribution in [1.29, 1.82) is 0 Å². The fraction of sp³-hybridized carbons (Fsp3) is 0.286. The number of carbonyl (C=O) groups excluding carboxylic acids is 1. The summed E-state index contributed by atoms with van der Waals surface area (Å²) in [6, 6.07) is 7.32. The molecule has 0 radical (unpaired) electrons. The molecule has 2 aliphatic heterocycles. The molecule has 1 aromatic carbocycles. The number of aromatic amines is 1. The second-order valence-corrected chi connectivity index (χ2v) is 5.53. The summed E-state index contributed by atoms with van der Waals surface area (Å²) in [5.74, 6) is 0.286. The number of likely N-dealkylation sites (N-methyl/N-ethyl adjacent to an activating group) is 2. The lowest BCUT2D eigenvalue weighted by atomic mass is 10.2. The third kappa shape index (κ3) is 1.93. The van der Waals surface area contributed by atoms with E-state index in [1.807, 2.05) is 24.3 Å². The van der Waals surface area contributed by atoms with Crippen LogP contribution in [0.3, 0.4) is 0 Å². The van der Waals surface area contributed by atoms with E-state index in [2.05, 4.69) is 25.5 Å². The zero-order valence-corrected chi connectivity index (χ0v) is 12.6. The second kappa shape index (κ2) is 4.70. The number of rotatable bonds is 1. The summed E-state index contributed by atoms with van der Waals surface area (Å²) in [5, 5.41) is 22.0. The summed E-state index contributed by atoms with van der Waals surface area (Å²) in [6.45, 7) is 0. The Morgan fingerprint density at radius 2 is 2.00 bits per heavy atom. The van der Waals surface area contributed by atoms with Crippen LogP contribution in [0.15, 0.2) is 39.5 Å². The van der Waals surface area contributed by atoms with Gasteiger partial charge in [0.15, 0.2) is 11.9 Å². The Morgan fingerprint density at radius 3 is 2.78 bits per heavy atom. The van der Waals surface area contributed by atoms with Gasteiger partial charge in [-0.05, 0) is 6.07 Å². The van der Waals surface area contributed by atoms with Crippen LogP contribution in [0.1, 0.15) is 0 Å². The van der Waals surface area contributed by atoms with Crippen LogP contribution in [0.5, 0.6) is 5.88 Å². The van der Waals surface area contributed by atoms with E-state index in [1.165, 1.54) is 0 Å². The van der Waals surface area contributed by atoms with Crippen molar-refractivity contribution in [3.8, 4) is 5.88 Å². The predicted octanol–water partition coefficient (Wildman–Crippen LogP) is 1.57. The number of nitrogens with one attached hydrogen (secondary N) is 2. The molecule has 118 valence electrons. The predicted molar refractivity (Wildman–Crippen MR) is 83.5 cm³/mol. The summed E-state index contributed by atoms with van der Waals surface area (Å²) in [7, 11) is 3.40. The molecule has 2 aliphatic rings. The highest BCUT2D eigenvalue weighted by Gasteiger charge is 2.46. The molecule has 0 aliphatic carbocycles. The number of guanidine groups is 1. The van der Waals surface area contributed by atoms with Gasteiger partial charge in [0.1, 0.15) is 6.17 Å². The van der Waals surface area contributed by atoms with E-state index >= 15 is 0 Å². The molecule has 0 saturated carbocycles. The lowest BCUT2D eigenvalue weighted by Crippen LogP contribution is -2.42. The Hall–Kier alpha value is -3.10. The standard InChI is InChI=1S/C14H15N7O2/c1-20-10-11(21(2)14(20)23)17-13(16-10)19-18-9-7-5-3-4-6-8(7)15-12(9)22/h3-6,10-11,15,22H,1-2H3,(H,16,17). The zero-order chi connectivity index (χ0) is 16.1. The van der Waals surface area contributed by atoms with Crippen LogP contribution < -0.4 is 5.32 Å². The number of aromatic hydroxyl groups is 1. The largest absolute Gasteiger partial charge is 0.493 e. The van der Waals surface area contributed by atoms with Gasteiger partial charge in [0.25, 0.3) is 0 Å². The number of nitrogens with zero attached hydrogens (tertiary/aromatic N) is 5. The molecular formula is C14H15N7O2. The van der Waals surface area contributed by atoms with Crippen molar-refractivity contribution in [3.05, 3.63) is 24.3 Å². The molecular weight excluding hydrogens is 298 g/mol. The minimum absolute atomic E-state index is 0.0434. The maximum absolute atomic E-state index is 11.8. The third-order valence-corrected chi connectivity index (χ3v) is 4.14. The zero-order valence-electron chi connectivity index (χ0n) is 12.6. The van der Waals surface area contributed by atoms with Gasteiger partial charge in [-0.15, -0.1) is 10.2 Å². The molecule has 9 nitrogen and oxygen atoms in total. The van der Waals surface area contributed by atoms with Crippen molar-refractivity contribution >= 4 is 28.6 Å². The van der Waals surface area contributed by atoms with Crippen LogP contribution in [-0.4, -0.2) is 58.3 Å². The Labute approximate surface area is 131 Å². The number of amides is 2. The highest BCUT2D eigenvalue weighted by molar-refractivity contribution is 5.94. The maximum Gasteiger partial charge on any atom is 0.323 e. The van der Waals surface area contributed by atoms with E-state index in [0.717, 1.165) is 10.9 Å². The van der Waals surface area contributed by atoms with Crippen molar-refractivity contribution in [3.63, 3.8) is 0 Å². The topological polar surface area (TPSA) is 109 Å². The average Bonchev–Trinajstić information content (AvgIpc) is 3.16. The number of azo groups is 1. The molecule has 3 heterocycles. The van der Waals surface area contributed by atoms with Gasteiger partial charge >= 0.3 is 6.03 Å². The molecule has 1 aromatic heterocycles. The van der Waals surface area contributed by atoms with Crippen molar-refractivity contribution in [1.82, 2.24) is 20.1 Å². The molecule has 2 atom stereocenters. The molecule has 2 aromatic rings. The lowest BCUT2D eigenvalue weighted by Gasteiger charge is -2.15. The number of urea groups is 1. The molecule has 1 saturated heterocycles. The van der Waals surface area contributed by atoms with Gasteiger partial charge in [0, 0.05) is 19.5 Å². The highest BCUT2D eigenvalue weighted by Crippen LogP contribution is 2.35. The van der Waals surface area contributed by atoms with Crippen LogP contribution in [0, 0.1) is 0 Å². The first-order valence-corrected chi connectivity index (χ1v) is 7.11. The van der Waals surface area contributed by atoms with E-state index in [0.29, 0.717) is 11.6 Å². The van der Waals surface area contributed by atoms with E-state index < -0.39 is 0 Å². The third-order valence-electron chi connectivity index (χ3n) is 4.14. The number of hydrogen-bond acceptors (Lipinski definition) is 6. The van der Waals surface area contributed by atoms with E-state index in [9.17, 15) is 9.90 Å². The molecule has 0 bridgehead atoms.